The second-order valence-corrected chi connectivity index (χ2v) is 6.54. The van der Waals surface area contributed by atoms with E-state index in [9.17, 15) is 4.79 Å². The van der Waals surface area contributed by atoms with E-state index in [0.29, 0.717) is 24.6 Å². The third-order valence-corrected chi connectivity index (χ3v) is 4.93. The van der Waals surface area contributed by atoms with E-state index in [1.54, 1.807) is 12.1 Å². The number of aromatic nitrogens is 1. The Morgan fingerprint density at radius 2 is 2.12 bits per heavy atom. The fourth-order valence-electron chi connectivity index (χ4n) is 2.47. The van der Waals surface area contributed by atoms with E-state index in [1.165, 1.54) is 28.7 Å². The number of fused-ring (bicyclic) bond motifs is 1. The summed E-state index contributed by atoms with van der Waals surface area (Å²) in [4.78, 5) is 17.2. The lowest BCUT2D eigenvalue weighted by Crippen LogP contribution is -2.19. The molecule has 126 valence electrons. The van der Waals surface area contributed by atoms with Crippen LogP contribution in [0.3, 0.4) is 0 Å². The second-order valence-electron chi connectivity index (χ2n) is 5.53. The zero-order valence-corrected chi connectivity index (χ0v) is 14.9. The van der Waals surface area contributed by atoms with Gasteiger partial charge in [-0.05, 0) is 56.2 Å². The van der Waals surface area contributed by atoms with Gasteiger partial charge in [0.1, 0.15) is 0 Å². The van der Waals surface area contributed by atoms with Crippen LogP contribution in [-0.4, -0.2) is 23.7 Å². The lowest BCUT2D eigenvalue weighted by atomic mass is 10.1. The first-order chi connectivity index (χ1) is 11.6. The van der Waals surface area contributed by atoms with Gasteiger partial charge in [-0.15, -0.1) is 0 Å². The summed E-state index contributed by atoms with van der Waals surface area (Å²) in [6.07, 6.45) is 1.48. The third-order valence-electron chi connectivity index (χ3n) is 3.89. The predicted octanol–water partition coefficient (Wildman–Crippen LogP) is 3.69. The molecule has 3 aromatic rings. The summed E-state index contributed by atoms with van der Waals surface area (Å²) in [5, 5.41) is 0. The summed E-state index contributed by atoms with van der Waals surface area (Å²) in [6.45, 7) is 8.04. The summed E-state index contributed by atoms with van der Waals surface area (Å²) >= 11 is 1.51. The van der Waals surface area contributed by atoms with E-state index in [-0.39, 0.29) is 11.7 Å². The van der Waals surface area contributed by atoms with Crippen molar-refractivity contribution in [1.82, 2.24) is 4.57 Å². The number of amides is 1. The first kappa shape index (κ1) is 16.7. The molecule has 0 unspecified atom stereocenters. The molecule has 0 aliphatic heterocycles. The predicted molar refractivity (Wildman–Crippen MR) is 94.4 cm³/mol. The van der Waals surface area contributed by atoms with Crippen molar-refractivity contribution in [1.29, 1.82) is 0 Å². The normalized spacial score (nSPS) is 12.2. The molecule has 5 nitrogen and oxygen atoms in total. The van der Waals surface area contributed by atoms with E-state index >= 15 is 0 Å². The van der Waals surface area contributed by atoms with Crippen molar-refractivity contribution in [2.75, 3.05) is 13.2 Å². The molecule has 0 bridgehead atoms. The molecule has 0 spiro atoms. The molecular weight excluding hydrogens is 324 g/mol. The number of carbonyl (C=O) groups excluding carboxylic acids is 1. The second kappa shape index (κ2) is 7.15. The van der Waals surface area contributed by atoms with Crippen LogP contribution in [0.2, 0.25) is 0 Å². The number of aryl methyl sites for hydroxylation is 2. The van der Waals surface area contributed by atoms with Crippen molar-refractivity contribution in [3.05, 3.63) is 52.2 Å². The first-order valence-corrected chi connectivity index (χ1v) is 8.72. The highest BCUT2D eigenvalue weighted by molar-refractivity contribution is 7.16. The van der Waals surface area contributed by atoms with Gasteiger partial charge in [-0.3, -0.25) is 4.79 Å². The number of hydrogen-bond donors (Lipinski definition) is 0. The topological polar surface area (TPSA) is 56.7 Å². The summed E-state index contributed by atoms with van der Waals surface area (Å²) < 4.78 is 13.8. The Morgan fingerprint density at radius 1 is 1.33 bits per heavy atom. The number of ether oxygens (including phenoxy) is 1. The van der Waals surface area contributed by atoms with Gasteiger partial charge in [0, 0.05) is 13.2 Å². The standard InChI is InChI=1S/C18H20N2O3S/c1-4-22-9-7-20-14-10-12(2)13(3)11-16(14)24-18(20)19-17(21)15-6-5-8-23-15/h5-6,8,10-11H,4,7,9H2,1-3H3. The maximum absolute atomic E-state index is 12.3. The summed E-state index contributed by atoms with van der Waals surface area (Å²) in [5.41, 5.74) is 3.52. The number of furan rings is 1. The minimum Gasteiger partial charge on any atom is -0.459 e. The van der Waals surface area contributed by atoms with Crippen molar-refractivity contribution < 1.29 is 13.9 Å². The van der Waals surface area contributed by atoms with Crippen LogP contribution < -0.4 is 4.80 Å². The van der Waals surface area contributed by atoms with E-state index in [0.717, 1.165) is 10.2 Å². The van der Waals surface area contributed by atoms with Crippen LogP contribution >= 0.6 is 11.3 Å². The van der Waals surface area contributed by atoms with Crippen LogP contribution in [0, 0.1) is 13.8 Å². The van der Waals surface area contributed by atoms with Crippen molar-refractivity contribution >= 4 is 27.5 Å². The van der Waals surface area contributed by atoms with Gasteiger partial charge in [0.25, 0.3) is 0 Å². The fourth-order valence-corrected chi connectivity index (χ4v) is 3.60. The van der Waals surface area contributed by atoms with E-state index in [4.69, 9.17) is 9.15 Å². The van der Waals surface area contributed by atoms with Crippen LogP contribution in [-0.2, 0) is 11.3 Å². The highest BCUT2D eigenvalue weighted by atomic mass is 32.1. The minimum atomic E-state index is -0.370. The Balaban J connectivity index is 2.11. The minimum absolute atomic E-state index is 0.246. The fraction of sp³-hybridized carbons (Fsp3) is 0.333. The zero-order chi connectivity index (χ0) is 17.1. The lowest BCUT2D eigenvalue weighted by molar-refractivity contribution is 0.0970. The molecular formula is C18H20N2O3S. The van der Waals surface area contributed by atoms with Crippen molar-refractivity contribution in [3.63, 3.8) is 0 Å². The molecule has 24 heavy (non-hydrogen) atoms. The van der Waals surface area contributed by atoms with Gasteiger partial charge < -0.3 is 13.7 Å². The van der Waals surface area contributed by atoms with Crippen molar-refractivity contribution in [3.8, 4) is 0 Å². The van der Waals surface area contributed by atoms with E-state index in [2.05, 4.69) is 31.0 Å². The Hall–Kier alpha value is -2.18. The molecule has 2 aromatic heterocycles. The highest BCUT2D eigenvalue weighted by Gasteiger charge is 2.12. The molecule has 3 rings (SSSR count). The maximum atomic E-state index is 12.3. The molecule has 0 N–H and O–H groups in total. The Morgan fingerprint density at radius 3 is 2.83 bits per heavy atom. The largest absolute Gasteiger partial charge is 0.459 e. The van der Waals surface area contributed by atoms with Gasteiger partial charge in [0.05, 0.1) is 23.1 Å². The Labute approximate surface area is 144 Å². The number of thiazole rings is 1. The lowest BCUT2D eigenvalue weighted by Gasteiger charge is -2.07. The average Bonchev–Trinajstić information content (AvgIpc) is 3.18. The highest BCUT2D eigenvalue weighted by Crippen LogP contribution is 2.22. The molecule has 6 heteroatoms. The molecule has 0 fully saturated rings. The van der Waals surface area contributed by atoms with Crippen LogP contribution in [0.1, 0.15) is 28.6 Å². The van der Waals surface area contributed by atoms with Crippen LogP contribution in [0.4, 0.5) is 0 Å². The zero-order valence-electron chi connectivity index (χ0n) is 14.0. The molecule has 2 heterocycles. The number of hydrogen-bond acceptors (Lipinski definition) is 4. The summed E-state index contributed by atoms with van der Waals surface area (Å²) in [6, 6.07) is 7.59. The van der Waals surface area contributed by atoms with Gasteiger partial charge in [0.15, 0.2) is 10.6 Å². The van der Waals surface area contributed by atoms with Gasteiger partial charge in [-0.2, -0.15) is 4.99 Å². The van der Waals surface area contributed by atoms with E-state index in [1.807, 2.05) is 11.5 Å². The molecule has 0 saturated carbocycles. The molecule has 1 aromatic carbocycles. The quantitative estimate of drug-likeness (QED) is 0.663. The monoisotopic (exact) mass is 344 g/mol. The Kier molecular flexibility index (Phi) is 4.97. The van der Waals surface area contributed by atoms with E-state index < -0.39 is 0 Å². The third kappa shape index (κ3) is 3.34. The van der Waals surface area contributed by atoms with Gasteiger partial charge in [-0.25, -0.2) is 0 Å². The number of nitrogens with zero attached hydrogens (tertiary/aromatic N) is 2. The Bertz CT molecular complexity index is 920. The number of benzene rings is 1. The maximum Gasteiger partial charge on any atom is 0.315 e. The number of rotatable bonds is 5. The molecule has 1 amide bonds. The molecule has 0 radical (unpaired) electrons. The van der Waals surface area contributed by atoms with Crippen LogP contribution in [0.25, 0.3) is 10.2 Å². The molecule has 0 saturated heterocycles. The van der Waals surface area contributed by atoms with Crippen LogP contribution in [0.5, 0.6) is 0 Å². The molecule has 0 aliphatic rings. The molecule has 0 atom stereocenters. The SMILES string of the molecule is CCOCCn1c(=NC(=O)c2ccco2)sc2cc(C)c(C)cc21. The smallest absolute Gasteiger partial charge is 0.315 e. The number of carbonyl (C=O) groups is 1. The van der Waals surface area contributed by atoms with Crippen molar-refractivity contribution in [2.24, 2.45) is 4.99 Å². The van der Waals surface area contributed by atoms with Gasteiger partial charge >= 0.3 is 5.91 Å². The summed E-state index contributed by atoms with van der Waals surface area (Å²) in [7, 11) is 0. The summed E-state index contributed by atoms with van der Waals surface area (Å²) in [5.74, 6) is -0.124. The average molecular weight is 344 g/mol. The van der Waals surface area contributed by atoms with Crippen molar-refractivity contribution in [2.45, 2.75) is 27.3 Å². The van der Waals surface area contributed by atoms with Gasteiger partial charge in [-0.1, -0.05) is 11.3 Å². The first-order valence-electron chi connectivity index (χ1n) is 7.91. The molecule has 0 aliphatic carbocycles. The van der Waals surface area contributed by atoms with Crippen LogP contribution in [0.15, 0.2) is 39.9 Å². The van der Waals surface area contributed by atoms with Gasteiger partial charge in [0.2, 0.25) is 0 Å².